The number of nitrogens with two attached hydrogens (primary N) is 1. The second-order valence-corrected chi connectivity index (χ2v) is 3.95. The van der Waals surface area contributed by atoms with Crippen LogP contribution < -0.4 is 10.6 Å². The monoisotopic (exact) mass is 194 g/mol. The van der Waals surface area contributed by atoms with Crippen LogP contribution in [0.25, 0.3) is 0 Å². The van der Waals surface area contributed by atoms with Gasteiger partial charge < -0.3 is 10.6 Å². The van der Waals surface area contributed by atoms with E-state index in [0.717, 1.165) is 30.8 Å². The smallest absolute Gasteiger partial charge is 0.123 e. The Kier molecular flexibility index (Phi) is 2.42. The lowest BCUT2D eigenvalue weighted by Gasteiger charge is -2.21. The van der Waals surface area contributed by atoms with Gasteiger partial charge in [-0.2, -0.15) is 0 Å². The Morgan fingerprint density at radius 1 is 1.57 bits per heavy atom. The predicted molar refractivity (Wildman–Crippen MR) is 56.0 cm³/mol. The zero-order valence-corrected chi connectivity index (χ0v) is 8.33. The number of anilines is 1. The molecule has 0 bridgehead atoms. The minimum absolute atomic E-state index is 0.147. The van der Waals surface area contributed by atoms with Crippen LogP contribution in [0.2, 0.25) is 0 Å². The summed E-state index contributed by atoms with van der Waals surface area (Å²) in [4.78, 5) is 2.22. The fourth-order valence-corrected chi connectivity index (χ4v) is 1.98. The highest BCUT2D eigenvalue weighted by molar-refractivity contribution is 5.58. The van der Waals surface area contributed by atoms with E-state index in [1.165, 1.54) is 6.07 Å². The molecule has 1 aliphatic heterocycles. The van der Waals surface area contributed by atoms with Crippen LogP contribution in [0.4, 0.5) is 10.1 Å². The zero-order chi connectivity index (χ0) is 10.1. The van der Waals surface area contributed by atoms with Gasteiger partial charge in [-0.25, -0.2) is 4.39 Å². The molecule has 0 aromatic heterocycles. The maximum absolute atomic E-state index is 12.9. The Morgan fingerprint density at radius 3 is 3.07 bits per heavy atom. The largest absolute Gasteiger partial charge is 0.369 e. The van der Waals surface area contributed by atoms with Gasteiger partial charge in [-0.05, 0) is 37.1 Å². The van der Waals surface area contributed by atoms with Crippen molar-refractivity contribution in [2.75, 3.05) is 18.0 Å². The van der Waals surface area contributed by atoms with Crippen molar-refractivity contribution < 1.29 is 4.39 Å². The van der Waals surface area contributed by atoms with Gasteiger partial charge in [-0.1, -0.05) is 0 Å². The Balaban J connectivity index is 2.22. The molecule has 3 heteroatoms. The molecule has 0 amide bonds. The van der Waals surface area contributed by atoms with Crippen molar-refractivity contribution in [1.29, 1.82) is 0 Å². The van der Waals surface area contributed by atoms with Crippen molar-refractivity contribution in [2.45, 2.75) is 19.4 Å². The highest BCUT2D eigenvalue weighted by atomic mass is 19.1. The summed E-state index contributed by atoms with van der Waals surface area (Å²) in [5.74, 6) is -0.147. The van der Waals surface area contributed by atoms with Crippen LogP contribution in [0.1, 0.15) is 12.5 Å². The number of rotatable bonds is 2. The SMILES string of the molecule is CC(N)CN1CCc2cc(F)ccc21. The third-order valence-corrected chi connectivity index (χ3v) is 2.54. The van der Waals surface area contributed by atoms with Gasteiger partial charge in [0.1, 0.15) is 5.82 Å². The molecule has 0 saturated carbocycles. The number of hydrogen-bond acceptors (Lipinski definition) is 2. The standard InChI is InChI=1S/C11H15FN2/c1-8(13)7-14-5-4-9-6-10(12)2-3-11(9)14/h2-3,6,8H,4-5,7,13H2,1H3. The molecule has 0 aliphatic carbocycles. The van der Waals surface area contributed by atoms with Crippen molar-refractivity contribution in [1.82, 2.24) is 0 Å². The summed E-state index contributed by atoms with van der Waals surface area (Å²) in [7, 11) is 0. The van der Waals surface area contributed by atoms with E-state index in [-0.39, 0.29) is 11.9 Å². The second kappa shape index (κ2) is 3.58. The van der Waals surface area contributed by atoms with Crippen molar-refractivity contribution in [2.24, 2.45) is 5.73 Å². The Labute approximate surface area is 83.5 Å². The quantitative estimate of drug-likeness (QED) is 0.773. The van der Waals surface area contributed by atoms with Crippen molar-refractivity contribution in [3.8, 4) is 0 Å². The van der Waals surface area contributed by atoms with Crippen LogP contribution in [-0.4, -0.2) is 19.1 Å². The average molecular weight is 194 g/mol. The maximum Gasteiger partial charge on any atom is 0.123 e. The molecule has 1 aliphatic rings. The molecule has 2 rings (SSSR count). The maximum atomic E-state index is 12.9. The normalized spacial score (nSPS) is 16.9. The van der Waals surface area contributed by atoms with Gasteiger partial charge in [0, 0.05) is 24.8 Å². The molecule has 2 nitrogen and oxygen atoms in total. The minimum Gasteiger partial charge on any atom is -0.369 e. The van der Waals surface area contributed by atoms with Crippen molar-refractivity contribution in [3.63, 3.8) is 0 Å². The van der Waals surface area contributed by atoms with Crippen LogP contribution in [0.3, 0.4) is 0 Å². The highest BCUT2D eigenvalue weighted by Crippen LogP contribution is 2.28. The van der Waals surface area contributed by atoms with E-state index >= 15 is 0 Å². The molecule has 2 N–H and O–H groups in total. The van der Waals surface area contributed by atoms with E-state index in [1.54, 1.807) is 6.07 Å². The number of nitrogens with zero attached hydrogens (tertiary/aromatic N) is 1. The van der Waals surface area contributed by atoms with Crippen LogP contribution in [0, 0.1) is 5.82 Å². The second-order valence-electron chi connectivity index (χ2n) is 3.95. The molecular weight excluding hydrogens is 179 g/mol. The predicted octanol–water partition coefficient (Wildman–Crippen LogP) is 1.54. The third kappa shape index (κ3) is 1.73. The highest BCUT2D eigenvalue weighted by Gasteiger charge is 2.19. The third-order valence-electron chi connectivity index (χ3n) is 2.54. The first kappa shape index (κ1) is 9.46. The summed E-state index contributed by atoms with van der Waals surface area (Å²) in [5, 5.41) is 0. The lowest BCUT2D eigenvalue weighted by atomic mass is 10.1. The Bertz CT molecular complexity index is 336. The molecule has 1 atom stereocenters. The molecule has 1 unspecified atom stereocenters. The fraction of sp³-hybridized carbons (Fsp3) is 0.455. The van der Waals surface area contributed by atoms with Gasteiger partial charge in [-0.3, -0.25) is 0 Å². The molecule has 0 spiro atoms. The first-order chi connectivity index (χ1) is 6.66. The van der Waals surface area contributed by atoms with E-state index in [2.05, 4.69) is 4.90 Å². The van der Waals surface area contributed by atoms with Crippen molar-refractivity contribution in [3.05, 3.63) is 29.6 Å². The summed E-state index contributed by atoms with van der Waals surface area (Å²) >= 11 is 0. The van der Waals surface area contributed by atoms with Gasteiger partial charge in [-0.15, -0.1) is 0 Å². The first-order valence-corrected chi connectivity index (χ1v) is 4.96. The molecular formula is C11H15FN2. The van der Waals surface area contributed by atoms with E-state index in [4.69, 9.17) is 5.73 Å². The number of hydrogen-bond donors (Lipinski definition) is 1. The first-order valence-electron chi connectivity index (χ1n) is 4.96. The summed E-state index contributed by atoms with van der Waals surface area (Å²) in [6.45, 7) is 3.79. The molecule has 1 aromatic carbocycles. The van der Waals surface area contributed by atoms with Gasteiger partial charge in [0.05, 0.1) is 0 Å². The average Bonchev–Trinajstić information content (AvgIpc) is 2.47. The van der Waals surface area contributed by atoms with E-state index < -0.39 is 0 Å². The summed E-state index contributed by atoms with van der Waals surface area (Å²) in [6, 6.07) is 5.14. The Morgan fingerprint density at radius 2 is 2.36 bits per heavy atom. The molecule has 1 heterocycles. The molecule has 14 heavy (non-hydrogen) atoms. The molecule has 0 fully saturated rings. The van der Waals surface area contributed by atoms with Gasteiger partial charge in [0.2, 0.25) is 0 Å². The topological polar surface area (TPSA) is 29.3 Å². The summed E-state index contributed by atoms with van der Waals surface area (Å²) in [6.07, 6.45) is 0.930. The Hall–Kier alpha value is -1.09. The van der Waals surface area contributed by atoms with Crippen molar-refractivity contribution >= 4 is 5.69 Å². The van der Waals surface area contributed by atoms with E-state index in [1.807, 2.05) is 13.0 Å². The summed E-state index contributed by atoms with van der Waals surface area (Å²) < 4.78 is 12.9. The molecule has 0 saturated heterocycles. The number of fused-ring (bicyclic) bond motifs is 1. The van der Waals surface area contributed by atoms with E-state index in [0.29, 0.717) is 0 Å². The van der Waals surface area contributed by atoms with Crippen LogP contribution >= 0.6 is 0 Å². The van der Waals surface area contributed by atoms with Crippen LogP contribution in [0.5, 0.6) is 0 Å². The van der Waals surface area contributed by atoms with Gasteiger partial charge >= 0.3 is 0 Å². The van der Waals surface area contributed by atoms with Gasteiger partial charge in [0.25, 0.3) is 0 Å². The number of halogens is 1. The fourth-order valence-electron chi connectivity index (χ4n) is 1.98. The van der Waals surface area contributed by atoms with Gasteiger partial charge in [0.15, 0.2) is 0 Å². The van der Waals surface area contributed by atoms with E-state index in [9.17, 15) is 4.39 Å². The minimum atomic E-state index is -0.147. The lowest BCUT2D eigenvalue weighted by Crippen LogP contribution is -2.34. The molecule has 76 valence electrons. The molecule has 0 radical (unpaired) electrons. The van der Waals surface area contributed by atoms with Crippen LogP contribution in [0.15, 0.2) is 18.2 Å². The van der Waals surface area contributed by atoms with Crippen LogP contribution in [-0.2, 0) is 6.42 Å². The molecule has 1 aromatic rings. The lowest BCUT2D eigenvalue weighted by molar-refractivity contribution is 0.626. The zero-order valence-electron chi connectivity index (χ0n) is 8.33. The number of benzene rings is 1. The summed E-state index contributed by atoms with van der Waals surface area (Å²) in [5.41, 5.74) is 7.99.